The van der Waals surface area contributed by atoms with Crippen molar-refractivity contribution in [3.8, 4) is 34.6 Å². The van der Waals surface area contributed by atoms with Gasteiger partial charge in [-0.1, -0.05) is 18.2 Å². The topological polar surface area (TPSA) is 137 Å². The predicted octanol–water partition coefficient (Wildman–Crippen LogP) is 5.02. The molecule has 1 aliphatic heterocycles. The van der Waals surface area contributed by atoms with Gasteiger partial charge in [-0.3, -0.25) is 14.3 Å². The summed E-state index contributed by atoms with van der Waals surface area (Å²) in [5.74, 6) is 1.44. The number of ether oxygens (including phenoxy) is 6. The molecular formula is C35H37N5O8. The molecule has 0 saturated carbocycles. The van der Waals surface area contributed by atoms with Crippen molar-refractivity contribution >= 4 is 22.5 Å². The molecule has 13 heteroatoms. The Morgan fingerprint density at radius 3 is 2.31 bits per heavy atom. The fourth-order valence-electron chi connectivity index (χ4n) is 5.63. The maximum Gasteiger partial charge on any atom is 0.284 e. The number of anilines is 1. The summed E-state index contributed by atoms with van der Waals surface area (Å²) >= 11 is 0. The molecule has 3 heterocycles. The maximum absolute atomic E-state index is 13.7. The fraction of sp³-hybridized carbons (Fsp3) is 0.314. The number of rotatable bonds is 14. The number of hydrogen-bond donors (Lipinski definition) is 1. The number of nitrogens with zero attached hydrogens (tertiary/aromatic N) is 4. The number of amides is 1. The van der Waals surface area contributed by atoms with Crippen LogP contribution in [0.4, 0.5) is 5.69 Å². The van der Waals surface area contributed by atoms with Gasteiger partial charge in [0.15, 0.2) is 23.0 Å². The van der Waals surface area contributed by atoms with Gasteiger partial charge < -0.3 is 33.7 Å². The molecule has 48 heavy (non-hydrogen) atoms. The van der Waals surface area contributed by atoms with Crippen molar-refractivity contribution in [2.45, 2.75) is 25.8 Å². The first-order chi connectivity index (χ1) is 23.5. The van der Waals surface area contributed by atoms with E-state index in [0.29, 0.717) is 84.7 Å². The number of carbonyl (C=O) groups excluding carboxylic acids is 1. The van der Waals surface area contributed by atoms with E-state index in [1.165, 1.54) is 13.4 Å². The van der Waals surface area contributed by atoms with Gasteiger partial charge in [0.2, 0.25) is 5.88 Å². The van der Waals surface area contributed by atoms with Crippen molar-refractivity contribution in [1.82, 2.24) is 19.3 Å². The molecule has 6 rings (SSSR count). The van der Waals surface area contributed by atoms with Gasteiger partial charge in [0.05, 0.1) is 42.6 Å². The quantitative estimate of drug-likeness (QED) is 0.162. The Kier molecular flexibility index (Phi) is 10.2. The Morgan fingerprint density at radius 2 is 1.58 bits per heavy atom. The van der Waals surface area contributed by atoms with E-state index in [9.17, 15) is 9.59 Å². The van der Waals surface area contributed by atoms with Gasteiger partial charge in [0, 0.05) is 38.6 Å². The third-order valence-electron chi connectivity index (χ3n) is 7.89. The van der Waals surface area contributed by atoms with Crippen molar-refractivity contribution < 1.29 is 33.2 Å². The lowest BCUT2D eigenvalue weighted by atomic mass is 10.1. The summed E-state index contributed by atoms with van der Waals surface area (Å²) in [6.45, 7) is 2.09. The first-order valence-electron chi connectivity index (χ1n) is 15.6. The molecule has 1 amide bonds. The van der Waals surface area contributed by atoms with Crippen LogP contribution in [0.2, 0.25) is 0 Å². The minimum absolute atomic E-state index is 0.138. The Hall–Kier alpha value is -5.40. The molecule has 13 nitrogen and oxygen atoms in total. The lowest BCUT2D eigenvalue weighted by Gasteiger charge is -2.19. The van der Waals surface area contributed by atoms with Gasteiger partial charge in [-0.25, -0.2) is 14.6 Å². The van der Waals surface area contributed by atoms with Crippen LogP contribution in [-0.4, -0.2) is 73.0 Å². The van der Waals surface area contributed by atoms with Crippen molar-refractivity contribution in [3.63, 3.8) is 0 Å². The van der Waals surface area contributed by atoms with Crippen LogP contribution in [0.25, 0.3) is 16.6 Å². The van der Waals surface area contributed by atoms with E-state index in [1.54, 1.807) is 49.2 Å². The van der Waals surface area contributed by atoms with Crippen molar-refractivity contribution in [1.29, 1.82) is 0 Å². The molecule has 0 fully saturated rings. The largest absolute Gasteiger partial charge is 0.493 e. The second kappa shape index (κ2) is 15.0. The number of aromatic nitrogens is 4. The summed E-state index contributed by atoms with van der Waals surface area (Å²) in [7, 11) is 4.70. The average Bonchev–Trinajstić information content (AvgIpc) is 3.41. The third kappa shape index (κ3) is 6.82. The fourth-order valence-corrected chi connectivity index (χ4v) is 5.63. The molecule has 2 aromatic heterocycles. The summed E-state index contributed by atoms with van der Waals surface area (Å²) in [6, 6.07) is 17.8. The van der Waals surface area contributed by atoms with Crippen molar-refractivity contribution in [2.75, 3.05) is 53.1 Å². The standard InChI is InChI=1S/C35H37N5O8/c1-43-15-17-46-30-20-25-26(21-31(30)47-18-16-44-2)36-22-37-34(25)48-28-13-12-23(19-29(28)45-3)38-33(41)32-27-11-7-8-14-39(27)40(35(32)42)24-9-5-4-6-10-24/h4-6,9-10,12-13,19-22H,7-8,11,14-18H2,1-3H3,(H,38,41). The van der Waals surface area contributed by atoms with E-state index < -0.39 is 5.91 Å². The highest BCUT2D eigenvalue weighted by atomic mass is 16.5. The highest BCUT2D eigenvalue weighted by Gasteiger charge is 2.28. The van der Waals surface area contributed by atoms with Gasteiger partial charge in [-0.05, 0) is 49.6 Å². The van der Waals surface area contributed by atoms with Gasteiger partial charge in [-0.2, -0.15) is 0 Å². The molecule has 0 bridgehead atoms. The molecule has 0 radical (unpaired) electrons. The highest BCUT2D eigenvalue weighted by Crippen LogP contribution is 2.39. The average molecular weight is 656 g/mol. The molecule has 1 N–H and O–H groups in total. The van der Waals surface area contributed by atoms with E-state index in [0.717, 1.165) is 18.5 Å². The number of nitrogens with one attached hydrogen (secondary N) is 1. The van der Waals surface area contributed by atoms with Gasteiger partial charge in [0.25, 0.3) is 11.5 Å². The molecule has 0 aliphatic carbocycles. The van der Waals surface area contributed by atoms with Crippen LogP contribution in [0.3, 0.4) is 0 Å². The van der Waals surface area contributed by atoms with Gasteiger partial charge >= 0.3 is 0 Å². The minimum atomic E-state index is -0.484. The van der Waals surface area contributed by atoms with Crippen LogP contribution >= 0.6 is 0 Å². The number of carbonyl (C=O) groups is 1. The van der Waals surface area contributed by atoms with E-state index in [-0.39, 0.29) is 17.0 Å². The molecular weight excluding hydrogens is 618 g/mol. The Morgan fingerprint density at radius 1 is 0.833 bits per heavy atom. The second-order valence-electron chi connectivity index (χ2n) is 11.0. The van der Waals surface area contributed by atoms with Gasteiger partial charge in [0.1, 0.15) is 25.1 Å². The molecule has 0 atom stereocenters. The number of para-hydroxylation sites is 1. The predicted molar refractivity (Wildman–Crippen MR) is 178 cm³/mol. The summed E-state index contributed by atoms with van der Waals surface area (Å²) < 4.78 is 37.4. The molecule has 0 saturated heterocycles. The van der Waals surface area contributed by atoms with E-state index in [4.69, 9.17) is 28.4 Å². The number of methoxy groups -OCH3 is 3. The number of hydrogen-bond acceptors (Lipinski definition) is 10. The lowest BCUT2D eigenvalue weighted by molar-refractivity contribution is 0.102. The van der Waals surface area contributed by atoms with E-state index >= 15 is 0 Å². The number of benzene rings is 3. The van der Waals surface area contributed by atoms with Crippen molar-refractivity contribution in [3.05, 3.63) is 88.6 Å². The Balaban J connectivity index is 1.27. The van der Waals surface area contributed by atoms with Crippen LogP contribution in [0.15, 0.2) is 71.8 Å². The normalized spacial score (nSPS) is 12.4. The zero-order valence-electron chi connectivity index (χ0n) is 27.1. The smallest absolute Gasteiger partial charge is 0.284 e. The summed E-state index contributed by atoms with van der Waals surface area (Å²) in [4.78, 5) is 36.1. The molecule has 3 aromatic carbocycles. The Bertz CT molecular complexity index is 1960. The van der Waals surface area contributed by atoms with Crippen LogP contribution in [0.1, 0.15) is 28.9 Å². The molecule has 0 spiro atoms. The zero-order chi connectivity index (χ0) is 33.5. The molecule has 1 aliphatic rings. The van der Waals surface area contributed by atoms with Crippen LogP contribution in [0, 0.1) is 0 Å². The van der Waals surface area contributed by atoms with Gasteiger partial charge in [-0.15, -0.1) is 0 Å². The summed E-state index contributed by atoms with van der Waals surface area (Å²) in [5, 5.41) is 3.47. The minimum Gasteiger partial charge on any atom is -0.493 e. The first kappa shape index (κ1) is 32.5. The van der Waals surface area contributed by atoms with Crippen molar-refractivity contribution in [2.24, 2.45) is 0 Å². The summed E-state index contributed by atoms with van der Waals surface area (Å²) in [6.07, 6.45) is 3.87. The van der Waals surface area contributed by atoms with Crippen LogP contribution in [0.5, 0.6) is 28.9 Å². The lowest BCUT2D eigenvalue weighted by Crippen LogP contribution is -2.25. The number of fused-ring (bicyclic) bond motifs is 2. The molecule has 0 unspecified atom stereocenters. The van der Waals surface area contributed by atoms with E-state index in [1.807, 2.05) is 35.0 Å². The molecule has 5 aromatic rings. The monoisotopic (exact) mass is 655 g/mol. The molecule has 250 valence electrons. The van der Waals surface area contributed by atoms with Crippen LogP contribution in [-0.2, 0) is 22.4 Å². The third-order valence-corrected chi connectivity index (χ3v) is 7.89. The SMILES string of the molecule is COCCOc1cc2ncnc(Oc3ccc(NC(=O)c4c5n(n(-c6ccccc6)c4=O)CCCC5)cc3OC)c2cc1OCCOC. The van der Waals surface area contributed by atoms with E-state index in [2.05, 4.69) is 15.3 Å². The zero-order valence-corrected chi connectivity index (χ0v) is 27.1. The summed E-state index contributed by atoms with van der Waals surface area (Å²) in [5.41, 5.74) is 2.24. The maximum atomic E-state index is 13.7. The first-order valence-corrected chi connectivity index (χ1v) is 15.6. The highest BCUT2D eigenvalue weighted by molar-refractivity contribution is 6.05. The van der Waals surface area contributed by atoms with Crippen LogP contribution < -0.4 is 29.8 Å². The Labute approximate surface area is 276 Å². The second-order valence-corrected chi connectivity index (χ2v) is 11.0.